The van der Waals surface area contributed by atoms with Crippen molar-refractivity contribution in [2.75, 3.05) is 69.8 Å². The molecule has 0 spiro atoms. The number of likely N-dealkylation sites (N-methyl/N-ethyl adjacent to an activating group) is 2. The minimum atomic E-state index is 0.0370. The molecule has 10 heteroatoms. The number of nitrogens with zero attached hydrogens (tertiary/aromatic N) is 2. The molecule has 0 bridgehead atoms. The van der Waals surface area contributed by atoms with Crippen molar-refractivity contribution in [3.63, 3.8) is 0 Å². The SMILES string of the molecule is COc1cc2c(cc1OC)[C@@H](Cc1ccc(OC)c(OC)c1Oc1cc3c(cc1OC)-c1c(O)c(OC)cc4c1[C@@H](C3)N(C)CC4)N(C)CC2. The van der Waals surface area contributed by atoms with E-state index in [4.69, 9.17) is 33.2 Å². The molecular weight excluding hydrogens is 636 g/mol. The number of fused-ring (bicyclic) bond motifs is 3. The van der Waals surface area contributed by atoms with E-state index in [0.717, 1.165) is 65.9 Å². The van der Waals surface area contributed by atoms with Crippen LogP contribution in [-0.4, -0.2) is 84.7 Å². The molecule has 0 amide bonds. The van der Waals surface area contributed by atoms with E-state index in [1.807, 2.05) is 30.3 Å². The molecule has 0 fully saturated rings. The Morgan fingerprint density at radius 2 is 1.26 bits per heavy atom. The molecule has 3 aliphatic rings. The molecule has 4 aromatic carbocycles. The average molecular weight is 683 g/mol. The van der Waals surface area contributed by atoms with E-state index in [1.54, 1.807) is 42.7 Å². The zero-order chi connectivity index (χ0) is 35.3. The standard InChI is InChI=1S/C40H46N2O8/c1-41-13-11-22-17-31(45-4)32(46-5)20-26(22)28(41)15-24-9-10-30(44-3)40(49-8)39(24)50-34-19-25-16-29-36-23(12-14-42(29)2)18-35(48-7)38(43)37(36)27(25)21-33(34)47-6/h9-10,17-21,28-29,43H,11-16H2,1-8H3/t28-,29-/m1/s1. The number of ether oxygens (including phenoxy) is 7. The second-order valence-electron chi connectivity index (χ2n) is 13.2. The highest BCUT2D eigenvalue weighted by atomic mass is 16.5. The van der Waals surface area contributed by atoms with Gasteiger partial charge in [-0.15, -0.1) is 0 Å². The molecule has 0 radical (unpaired) electrons. The summed E-state index contributed by atoms with van der Waals surface area (Å²) in [6.07, 6.45) is 3.19. The Labute approximate surface area is 294 Å². The van der Waals surface area contributed by atoms with Gasteiger partial charge in [0.15, 0.2) is 46.0 Å². The van der Waals surface area contributed by atoms with Gasteiger partial charge in [-0.05, 0) is 110 Å². The van der Waals surface area contributed by atoms with Crippen LogP contribution < -0.4 is 33.2 Å². The van der Waals surface area contributed by atoms with Crippen LogP contribution in [0.1, 0.15) is 45.5 Å². The fourth-order valence-electron chi connectivity index (χ4n) is 8.06. The first-order chi connectivity index (χ1) is 24.2. The molecule has 2 heterocycles. The van der Waals surface area contributed by atoms with Crippen LogP contribution in [0.4, 0.5) is 0 Å². The summed E-state index contributed by atoms with van der Waals surface area (Å²) in [7, 11) is 14.1. The van der Waals surface area contributed by atoms with Crippen molar-refractivity contribution in [3.8, 4) is 62.9 Å². The first-order valence-corrected chi connectivity index (χ1v) is 17.0. The highest BCUT2D eigenvalue weighted by Gasteiger charge is 2.37. The van der Waals surface area contributed by atoms with Crippen LogP contribution in [0.5, 0.6) is 51.7 Å². The van der Waals surface area contributed by atoms with Crippen LogP contribution in [0.2, 0.25) is 0 Å². The Balaban J connectivity index is 1.34. The first kappa shape index (κ1) is 33.7. The number of hydrogen-bond acceptors (Lipinski definition) is 10. The topological polar surface area (TPSA) is 91.3 Å². The van der Waals surface area contributed by atoms with Gasteiger partial charge in [0.2, 0.25) is 5.75 Å². The summed E-state index contributed by atoms with van der Waals surface area (Å²) in [6.45, 7) is 1.81. The normalized spacial score (nSPS) is 18.0. The lowest BCUT2D eigenvalue weighted by Gasteiger charge is -2.40. The van der Waals surface area contributed by atoms with Gasteiger partial charge < -0.3 is 38.3 Å². The van der Waals surface area contributed by atoms with Crippen LogP contribution in [0.15, 0.2) is 42.5 Å². The van der Waals surface area contributed by atoms with E-state index in [9.17, 15) is 5.11 Å². The Bertz CT molecular complexity index is 1940. The van der Waals surface area contributed by atoms with E-state index in [2.05, 4.69) is 36.0 Å². The highest BCUT2D eigenvalue weighted by Crippen LogP contribution is 2.55. The van der Waals surface area contributed by atoms with Gasteiger partial charge in [0.1, 0.15) is 0 Å². The van der Waals surface area contributed by atoms with E-state index in [-0.39, 0.29) is 17.8 Å². The molecule has 0 unspecified atom stereocenters. The maximum atomic E-state index is 11.5. The minimum absolute atomic E-state index is 0.0370. The molecule has 0 saturated carbocycles. The molecule has 2 aliphatic heterocycles. The number of hydrogen-bond donors (Lipinski definition) is 1. The molecule has 0 aromatic heterocycles. The van der Waals surface area contributed by atoms with Gasteiger partial charge >= 0.3 is 0 Å². The molecule has 2 atom stereocenters. The molecule has 1 aliphatic carbocycles. The lowest BCUT2D eigenvalue weighted by atomic mass is 9.76. The average Bonchev–Trinajstić information content (AvgIpc) is 3.14. The van der Waals surface area contributed by atoms with Gasteiger partial charge in [-0.2, -0.15) is 0 Å². The van der Waals surface area contributed by atoms with Gasteiger partial charge in [0.25, 0.3) is 0 Å². The first-order valence-electron chi connectivity index (χ1n) is 17.0. The molecule has 264 valence electrons. The summed E-state index contributed by atoms with van der Waals surface area (Å²) in [5, 5.41) is 11.5. The van der Waals surface area contributed by atoms with Crippen molar-refractivity contribution in [2.24, 2.45) is 0 Å². The van der Waals surface area contributed by atoms with Crippen LogP contribution in [-0.2, 0) is 25.7 Å². The number of phenolic OH excluding ortho intramolecular Hbond substituents is 1. The lowest BCUT2D eigenvalue weighted by Crippen LogP contribution is -2.35. The predicted molar refractivity (Wildman–Crippen MR) is 191 cm³/mol. The minimum Gasteiger partial charge on any atom is -0.504 e. The van der Waals surface area contributed by atoms with Gasteiger partial charge in [-0.1, -0.05) is 6.07 Å². The van der Waals surface area contributed by atoms with Crippen molar-refractivity contribution in [3.05, 3.63) is 75.8 Å². The lowest BCUT2D eigenvalue weighted by molar-refractivity contribution is 0.225. The molecule has 7 rings (SSSR count). The van der Waals surface area contributed by atoms with Gasteiger partial charge in [-0.25, -0.2) is 0 Å². The van der Waals surface area contributed by atoms with Gasteiger partial charge in [0, 0.05) is 36.3 Å². The quantitative estimate of drug-likeness (QED) is 0.194. The maximum Gasteiger partial charge on any atom is 0.204 e. The van der Waals surface area contributed by atoms with Crippen LogP contribution in [0.3, 0.4) is 0 Å². The second-order valence-corrected chi connectivity index (χ2v) is 13.2. The number of methoxy groups -OCH3 is 6. The van der Waals surface area contributed by atoms with E-state index >= 15 is 0 Å². The van der Waals surface area contributed by atoms with Crippen molar-refractivity contribution in [1.82, 2.24) is 9.80 Å². The number of phenols is 1. The Hall–Kier alpha value is -4.80. The third kappa shape index (κ3) is 5.51. The van der Waals surface area contributed by atoms with E-state index < -0.39 is 0 Å². The Kier molecular flexibility index (Phi) is 9.09. The summed E-state index contributed by atoms with van der Waals surface area (Å²) < 4.78 is 41.6. The maximum absolute atomic E-state index is 11.5. The number of rotatable bonds is 10. The highest BCUT2D eigenvalue weighted by molar-refractivity contribution is 5.85. The largest absolute Gasteiger partial charge is 0.504 e. The third-order valence-corrected chi connectivity index (χ3v) is 10.8. The van der Waals surface area contributed by atoms with Crippen molar-refractivity contribution >= 4 is 0 Å². The fraction of sp³-hybridized carbons (Fsp3) is 0.400. The zero-order valence-corrected chi connectivity index (χ0v) is 30.1. The van der Waals surface area contributed by atoms with Crippen molar-refractivity contribution in [2.45, 2.75) is 37.8 Å². The van der Waals surface area contributed by atoms with E-state index in [0.29, 0.717) is 46.7 Å². The number of benzene rings is 4. The molecule has 10 nitrogen and oxygen atoms in total. The zero-order valence-electron chi connectivity index (χ0n) is 30.1. The molecule has 4 aromatic rings. The fourth-order valence-corrected chi connectivity index (χ4v) is 8.06. The van der Waals surface area contributed by atoms with Crippen LogP contribution >= 0.6 is 0 Å². The summed E-state index contributed by atoms with van der Waals surface area (Å²) in [4.78, 5) is 4.72. The number of aromatic hydroxyl groups is 1. The van der Waals surface area contributed by atoms with Crippen LogP contribution in [0.25, 0.3) is 11.1 Å². The smallest absolute Gasteiger partial charge is 0.204 e. The summed E-state index contributed by atoms with van der Waals surface area (Å²) in [5.74, 6) is 4.77. The van der Waals surface area contributed by atoms with Crippen LogP contribution in [0, 0.1) is 0 Å². The molecule has 1 N–H and O–H groups in total. The predicted octanol–water partition coefficient (Wildman–Crippen LogP) is 6.76. The second kappa shape index (κ2) is 13.5. The summed E-state index contributed by atoms with van der Waals surface area (Å²) >= 11 is 0. The summed E-state index contributed by atoms with van der Waals surface area (Å²) in [5.41, 5.74) is 8.50. The molecular formula is C40H46N2O8. The van der Waals surface area contributed by atoms with Crippen molar-refractivity contribution in [1.29, 1.82) is 0 Å². The van der Waals surface area contributed by atoms with Crippen molar-refractivity contribution < 1.29 is 38.3 Å². The Morgan fingerprint density at radius 3 is 1.96 bits per heavy atom. The Morgan fingerprint density at radius 1 is 0.640 bits per heavy atom. The monoisotopic (exact) mass is 682 g/mol. The van der Waals surface area contributed by atoms with Gasteiger partial charge in [0.05, 0.1) is 42.7 Å². The summed E-state index contributed by atoms with van der Waals surface area (Å²) in [6, 6.07) is 14.3. The molecule has 50 heavy (non-hydrogen) atoms. The third-order valence-electron chi connectivity index (χ3n) is 10.8. The van der Waals surface area contributed by atoms with E-state index in [1.165, 1.54) is 16.7 Å². The molecule has 0 saturated heterocycles. The van der Waals surface area contributed by atoms with Gasteiger partial charge in [-0.3, -0.25) is 9.80 Å².